The van der Waals surface area contributed by atoms with Crippen LogP contribution < -0.4 is 10.6 Å². The van der Waals surface area contributed by atoms with Crippen LogP contribution >= 0.6 is 0 Å². The van der Waals surface area contributed by atoms with Crippen LogP contribution in [-0.4, -0.2) is 36.0 Å². The molecule has 0 aliphatic carbocycles. The number of carbonyl (C=O) groups is 2. The number of hydrogen-bond donors (Lipinski definition) is 2. The molecule has 0 saturated carbocycles. The summed E-state index contributed by atoms with van der Waals surface area (Å²) in [6, 6.07) is 1.87. The summed E-state index contributed by atoms with van der Waals surface area (Å²) >= 11 is 0. The summed E-state index contributed by atoms with van der Waals surface area (Å²) in [5.41, 5.74) is -2.29. The van der Waals surface area contributed by atoms with Crippen LogP contribution in [-0.2, 0) is 20.5 Å². The number of benzene rings is 1. The zero-order chi connectivity index (χ0) is 19.2. The normalized spacial score (nSPS) is 12.2. The molecule has 8 nitrogen and oxygen atoms in total. The zero-order valence-corrected chi connectivity index (χ0v) is 13.3. The van der Waals surface area contributed by atoms with Gasteiger partial charge in [0.2, 0.25) is 0 Å². The van der Waals surface area contributed by atoms with E-state index >= 15 is 0 Å². The quantitative estimate of drug-likeness (QED) is 0.436. The Morgan fingerprint density at radius 1 is 1.36 bits per heavy atom. The van der Waals surface area contributed by atoms with Crippen molar-refractivity contribution in [2.75, 3.05) is 18.4 Å². The van der Waals surface area contributed by atoms with Gasteiger partial charge < -0.3 is 15.4 Å². The second-order valence-electron chi connectivity index (χ2n) is 4.87. The van der Waals surface area contributed by atoms with Crippen LogP contribution in [0.4, 0.5) is 24.5 Å². The Bertz CT molecular complexity index is 664. The Labute approximate surface area is 140 Å². The Morgan fingerprint density at radius 2 is 2.00 bits per heavy atom. The van der Waals surface area contributed by atoms with Gasteiger partial charge in [-0.1, -0.05) is 0 Å². The van der Waals surface area contributed by atoms with E-state index < -0.39 is 46.9 Å². The molecule has 0 heterocycles. The number of nitrogens with one attached hydrogen (secondary N) is 2. The third kappa shape index (κ3) is 5.94. The lowest BCUT2D eigenvalue weighted by Gasteiger charge is -2.14. The standard InChI is InChI=1S/C14H16F3N3O5/c1-3-18-13(22)8(2)25-12(21)7-19-10-5-4-9(14(15,16)17)6-11(10)20(23)24/h4-6,8,19H,3,7H2,1-2H3,(H,18,22)/t8-/m1/s1. The van der Waals surface area contributed by atoms with Gasteiger partial charge in [0.05, 0.1) is 10.5 Å². The van der Waals surface area contributed by atoms with Crippen LogP contribution in [0.15, 0.2) is 18.2 Å². The van der Waals surface area contributed by atoms with Gasteiger partial charge in [0.1, 0.15) is 12.2 Å². The van der Waals surface area contributed by atoms with Gasteiger partial charge in [-0.05, 0) is 26.0 Å². The van der Waals surface area contributed by atoms with Gasteiger partial charge >= 0.3 is 12.1 Å². The number of likely N-dealkylation sites (N-methyl/N-ethyl adjacent to an activating group) is 1. The highest BCUT2D eigenvalue weighted by Crippen LogP contribution is 2.34. The fraction of sp³-hybridized carbons (Fsp3) is 0.429. The van der Waals surface area contributed by atoms with Gasteiger partial charge in [0.25, 0.3) is 11.6 Å². The zero-order valence-electron chi connectivity index (χ0n) is 13.3. The van der Waals surface area contributed by atoms with E-state index in [-0.39, 0.29) is 5.69 Å². The molecule has 1 amide bonds. The second-order valence-corrected chi connectivity index (χ2v) is 4.87. The van der Waals surface area contributed by atoms with E-state index in [4.69, 9.17) is 4.74 Å². The minimum Gasteiger partial charge on any atom is -0.451 e. The van der Waals surface area contributed by atoms with E-state index in [9.17, 15) is 32.9 Å². The summed E-state index contributed by atoms with van der Waals surface area (Å²) in [5, 5.41) is 15.7. The minimum atomic E-state index is -4.73. The van der Waals surface area contributed by atoms with Gasteiger partial charge in [0, 0.05) is 12.6 Å². The number of anilines is 1. The molecule has 0 radical (unpaired) electrons. The average molecular weight is 363 g/mol. The molecule has 2 N–H and O–H groups in total. The lowest BCUT2D eigenvalue weighted by Crippen LogP contribution is -2.36. The summed E-state index contributed by atoms with van der Waals surface area (Å²) < 4.78 is 42.6. The van der Waals surface area contributed by atoms with E-state index in [0.29, 0.717) is 18.7 Å². The first-order valence-corrected chi connectivity index (χ1v) is 7.13. The van der Waals surface area contributed by atoms with E-state index in [1.54, 1.807) is 6.92 Å². The Hall–Kier alpha value is -2.85. The molecule has 0 unspecified atom stereocenters. The minimum absolute atomic E-state index is 0.277. The lowest BCUT2D eigenvalue weighted by atomic mass is 10.1. The van der Waals surface area contributed by atoms with E-state index in [2.05, 4.69) is 10.6 Å². The molecular formula is C14H16F3N3O5. The van der Waals surface area contributed by atoms with Crippen molar-refractivity contribution >= 4 is 23.3 Å². The number of alkyl halides is 3. The van der Waals surface area contributed by atoms with Crippen molar-refractivity contribution in [2.24, 2.45) is 0 Å². The maximum atomic E-state index is 12.6. The molecule has 1 aromatic carbocycles. The molecule has 0 aliphatic heterocycles. The van der Waals surface area contributed by atoms with Crippen LogP contribution in [0.5, 0.6) is 0 Å². The Kier molecular flexibility index (Phi) is 6.71. The van der Waals surface area contributed by atoms with E-state index in [1.807, 2.05) is 0 Å². The van der Waals surface area contributed by atoms with Crippen LogP contribution in [0.3, 0.4) is 0 Å². The number of amides is 1. The highest BCUT2D eigenvalue weighted by atomic mass is 19.4. The summed E-state index contributed by atoms with van der Waals surface area (Å²) in [6.07, 6.45) is -5.80. The summed E-state index contributed by atoms with van der Waals surface area (Å²) in [4.78, 5) is 33.0. The highest BCUT2D eigenvalue weighted by molar-refractivity contribution is 5.84. The highest BCUT2D eigenvalue weighted by Gasteiger charge is 2.33. The van der Waals surface area contributed by atoms with Crippen molar-refractivity contribution in [2.45, 2.75) is 26.1 Å². The van der Waals surface area contributed by atoms with Gasteiger partial charge in [-0.3, -0.25) is 19.7 Å². The lowest BCUT2D eigenvalue weighted by molar-refractivity contribution is -0.384. The third-order valence-electron chi connectivity index (χ3n) is 2.97. The van der Waals surface area contributed by atoms with Crippen molar-refractivity contribution in [1.29, 1.82) is 0 Å². The number of hydrogen-bond acceptors (Lipinski definition) is 6. The van der Waals surface area contributed by atoms with Crippen molar-refractivity contribution in [3.05, 3.63) is 33.9 Å². The molecular weight excluding hydrogens is 347 g/mol. The molecule has 0 aromatic heterocycles. The SMILES string of the molecule is CCNC(=O)[C@@H](C)OC(=O)CNc1ccc(C(F)(F)F)cc1[N+](=O)[O-]. The fourth-order valence-electron chi connectivity index (χ4n) is 1.79. The molecule has 0 aliphatic rings. The average Bonchev–Trinajstić information content (AvgIpc) is 2.51. The first kappa shape index (κ1) is 20.2. The second kappa shape index (κ2) is 8.31. The summed E-state index contributed by atoms with van der Waals surface area (Å²) in [7, 11) is 0. The van der Waals surface area contributed by atoms with Crippen molar-refractivity contribution in [3.63, 3.8) is 0 Å². The molecule has 1 atom stereocenters. The molecule has 0 fully saturated rings. The summed E-state index contributed by atoms with van der Waals surface area (Å²) in [5.74, 6) is -1.41. The predicted molar refractivity (Wildman–Crippen MR) is 80.8 cm³/mol. The maximum Gasteiger partial charge on any atom is 0.416 e. The van der Waals surface area contributed by atoms with Gasteiger partial charge in [-0.25, -0.2) is 0 Å². The van der Waals surface area contributed by atoms with Crippen LogP contribution in [0.1, 0.15) is 19.4 Å². The first-order valence-electron chi connectivity index (χ1n) is 7.13. The molecule has 1 rings (SSSR count). The number of esters is 1. The van der Waals surface area contributed by atoms with Crippen LogP contribution in [0, 0.1) is 10.1 Å². The molecule has 11 heteroatoms. The predicted octanol–water partition coefficient (Wildman–Crippen LogP) is 2.09. The number of nitro groups is 1. The molecule has 1 aromatic rings. The first-order chi connectivity index (χ1) is 11.6. The van der Waals surface area contributed by atoms with Crippen molar-refractivity contribution in [1.82, 2.24) is 5.32 Å². The molecule has 0 bridgehead atoms. The molecule has 0 saturated heterocycles. The van der Waals surface area contributed by atoms with E-state index in [0.717, 1.165) is 6.07 Å². The van der Waals surface area contributed by atoms with Crippen molar-refractivity contribution < 1.29 is 32.4 Å². The molecule has 25 heavy (non-hydrogen) atoms. The van der Waals surface area contributed by atoms with Crippen LogP contribution in [0.2, 0.25) is 0 Å². The van der Waals surface area contributed by atoms with Crippen molar-refractivity contribution in [3.8, 4) is 0 Å². The molecule has 138 valence electrons. The smallest absolute Gasteiger partial charge is 0.416 e. The van der Waals surface area contributed by atoms with Gasteiger partial charge in [-0.15, -0.1) is 0 Å². The van der Waals surface area contributed by atoms with E-state index in [1.165, 1.54) is 6.92 Å². The summed E-state index contributed by atoms with van der Waals surface area (Å²) in [6.45, 7) is 2.80. The largest absolute Gasteiger partial charge is 0.451 e. The van der Waals surface area contributed by atoms with Gasteiger partial charge in [0.15, 0.2) is 6.10 Å². The number of rotatable bonds is 7. The topological polar surface area (TPSA) is 111 Å². The number of halogens is 3. The Morgan fingerprint density at radius 3 is 2.52 bits per heavy atom. The third-order valence-corrected chi connectivity index (χ3v) is 2.97. The van der Waals surface area contributed by atoms with Crippen LogP contribution in [0.25, 0.3) is 0 Å². The monoisotopic (exact) mass is 363 g/mol. The maximum absolute atomic E-state index is 12.6. The fourth-order valence-corrected chi connectivity index (χ4v) is 1.79. The number of nitrogens with zero attached hydrogens (tertiary/aromatic N) is 1. The number of carbonyl (C=O) groups excluding carboxylic acids is 2. The number of ether oxygens (including phenoxy) is 1. The number of nitro benzene ring substituents is 1. The van der Waals surface area contributed by atoms with Gasteiger partial charge in [-0.2, -0.15) is 13.2 Å². The Balaban J connectivity index is 2.78. The molecule has 0 spiro atoms.